The molecule has 1 heterocycles. The van der Waals surface area contributed by atoms with E-state index >= 15 is 0 Å². The van der Waals surface area contributed by atoms with Gasteiger partial charge in [0.05, 0.1) is 6.61 Å². The van der Waals surface area contributed by atoms with Crippen LogP contribution >= 0.6 is 0 Å². The number of benzene rings is 1. The van der Waals surface area contributed by atoms with Crippen LogP contribution < -0.4 is 5.32 Å². The molecule has 0 spiro atoms. The quantitative estimate of drug-likeness (QED) is 0.767. The lowest BCUT2D eigenvalue weighted by Gasteiger charge is -2.04. The van der Waals surface area contributed by atoms with Crippen molar-refractivity contribution in [2.75, 3.05) is 12.4 Å². The van der Waals surface area contributed by atoms with Crippen LogP contribution in [0.3, 0.4) is 0 Å². The van der Waals surface area contributed by atoms with Crippen LogP contribution in [0.5, 0.6) is 0 Å². The number of hydrogen-bond acceptors (Lipinski definition) is 4. The number of nitrogens with zero attached hydrogens (tertiary/aromatic N) is 1. The molecule has 0 saturated heterocycles. The number of carbonyl (C=O) groups excluding carboxylic acids is 1. The average Bonchev–Trinajstić information content (AvgIpc) is 2.88. The molecule has 0 saturated carbocycles. The predicted molar refractivity (Wildman–Crippen MR) is 70.7 cm³/mol. The SMILES string of the molecule is COCc1cccc(C(=O)Nc2cc(C(=O)O)[nH]n2)c1. The Morgan fingerprint density at radius 2 is 2.20 bits per heavy atom. The van der Waals surface area contributed by atoms with Crippen LogP contribution in [0.2, 0.25) is 0 Å². The number of aromatic nitrogens is 2. The topological polar surface area (TPSA) is 104 Å². The predicted octanol–water partition coefficient (Wildman–Crippen LogP) is 1.51. The normalized spacial score (nSPS) is 10.2. The van der Waals surface area contributed by atoms with Crippen LogP contribution in [0.15, 0.2) is 30.3 Å². The Morgan fingerprint density at radius 3 is 2.85 bits per heavy atom. The van der Waals surface area contributed by atoms with E-state index < -0.39 is 5.97 Å². The Morgan fingerprint density at radius 1 is 1.40 bits per heavy atom. The Kier molecular flexibility index (Phi) is 4.11. The Balaban J connectivity index is 2.10. The highest BCUT2D eigenvalue weighted by Gasteiger charge is 2.11. The Labute approximate surface area is 114 Å². The number of H-pyrrole nitrogens is 1. The number of nitrogens with one attached hydrogen (secondary N) is 2. The second-order valence-corrected chi connectivity index (χ2v) is 4.06. The number of carbonyl (C=O) groups is 2. The molecule has 1 aromatic carbocycles. The van der Waals surface area contributed by atoms with Gasteiger partial charge < -0.3 is 15.2 Å². The van der Waals surface area contributed by atoms with E-state index in [9.17, 15) is 9.59 Å². The molecule has 0 aliphatic heterocycles. The fraction of sp³-hybridized carbons (Fsp3) is 0.154. The summed E-state index contributed by atoms with van der Waals surface area (Å²) in [5.41, 5.74) is 1.22. The van der Waals surface area contributed by atoms with E-state index in [-0.39, 0.29) is 17.4 Å². The molecule has 1 amide bonds. The van der Waals surface area contributed by atoms with Gasteiger partial charge in [0.2, 0.25) is 0 Å². The van der Waals surface area contributed by atoms with Crippen molar-refractivity contribution in [3.63, 3.8) is 0 Å². The number of anilines is 1. The largest absolute Gasteiger partial charge is 0.477 e. The molecular weight excluding hydrogens is 262 g/mol. The number of rotatable bonds is 5. The van der Waals surface area contributed by atoms with Crippen molar-refractivity contribution in [2.45, 2.75) is 6.61 Å². The summed E-state index contributed by atoms with van der Waals surface area (Å²) in [4.78, 5) is 22.7. The van der Waals surface area contributed by atoms with E-state index in [0.29, 0.717) is 12.2 Å². The number of amides is 1. The maximum Gasteiger partial charge on any atom is 0.353 e. The average molecular weight is 275 g/mol. The highest BCUT2D eigenvalue weighted by Crippen LogP contribution is 2.10. The Bertz CT molecular complexity index is 636. The van der Waals surface area contributed by atoms with Crippen molar-refractivity contribution in [1.82, 2.24) is 10.2 Å². The summed E-state index contributed by atoms with van der Waals surface area (Å²) >= 11 is 0. The molecule has 0 radical (unpaired) electrons. The molecule has 0 bridgehead atoms. The summed E-state index contributed by atoms with van der Waals surface area (Å²) in [6, 6.07) is 8.19. The van der Waals surface area contributed by atoms with Crippen molar-refractivity contribution in [3.8, 4) is 0 Å². The van der Waals surface area contributed by atoms with Gasteiger partial charge in [-0.3, -0.25) is 9.89 Å². The van der Waals surface area contributed by atoms with Gasteiger partial charge in [-0.1, -0.05) is 12.1 Å². The summed E-state index contributed by atoms with van der Waals surface area (Å²) in [6.07, 6.45) is 0. The van der Waals surface area contributed by atoms with Gasteiger partial charge in [0.1, 0.15) is 5.69 Å². The Hall–Kier alpha value is -2.67. The van der Waals surface area contributed by atoms with E-state index in [1.165, 1.54) is 6.07 Å². The molecule has 3 N–H and O–H groups in total. The molecule has 0 atom stereocenters. The molecule has 0 fully saturated rings. The zero-order valence-corrected chi connectivity index (χ0v) is 10.7. The highest BCUT2D eigenvalue weighted by atomic mass is 16.5. The molecule has 0 aliphatic rings. The summed E-state index contributed by atoms with van der Waals surface area (Å²) < 4.78 is 5.00. The smallest absolute Gasteiger partial charge is 0.353 e. The van der Waals surface area contributed by atoms with E-state index in [4.69, 9.17) is 9.84 Å². The van der Waals surface area contributed by atoms with Gasteiger partial charge in [-0.15, -0.1) is 0 Å². The van der Waals surface area contributed by atoms with Gasteiger partial charge >= 0.3 is 5.97 Å². The lowest BCUT2D eigenvalue weighted by Crippen LogP contribution is -2.12. The van der Waals surface area contributed by atoms with Crippen molar-refractivity contribution in [2.24, 2.45) is 0 Å². The van der Waals surface area contributed by atoms with Gasteiger partial charge in [0, 0.05) is 18.7 Å². The van der Waals surface area contributed by atoms with Crippen LogP contribution in [-0.2, 0) is 11.3 Å². The van der Waals surface area contributed by atoms with Crippen molar-refractivity contribution < 1.29 is 19.4 Å². The minimum absolute atomic E-state index is 0.0894. The van der Waals surface area contributed by atoms with Crippen LogP contribution in [0.1, 0.15) is 26.4 Å². The van der Waals surface area contributed by atoms with Crippen LogP contribution in [0.4, 0.5) is 5.82 Å². The van der Waals surface area contributed by atoms with Crippen molar-refractivity contribution >= 4 is 17.7 Å². The van der Waals surface area contributed by atoms with Crippen LogP contribution in [0, 0.1) is 0 Å². The molecule has 0 aliphatic carbocycles. The molecule has 20 heavy (non-hydrogen) atoms. The van der Waals surface area contributed by atoms with Gasteiger partial charge in [-0.05, 0) is 17.7 Å². The summed E-state index contributed by atoms with van der Waals surface area (Å²) in [5, 5.41) is 17.3. The van der Waals surface area contributed by atoms with Gasteiger partial charge in [0.25, 0.3) is 5.91 Å². The fourth-order valence-electron chi connectivity index (χ4n) is 1.65. The molecule has 0 unspecified atom stereocenters. The monoisotopic (exact) mass is 275 g/mol. The molecule has 7 nitrogen and oxygen atoms in total. The lowest BCUT2D eigenvalue weighted by atomic mass is 10.1. The van der Waals surface area contributed by atoms with Gasteiger partial charge in [-0.25, -0.2) is 4.79 Å². The van der Waals surface area contributed by atoms with Crippen LogP contribution in [-0.4, -0.2) is 34.3 Å². The number of carboxylic acids is 1. The molecule has 2 aromatic rings. The third kappa shape index (κ3) is 3.21. The lowest BCUT2D eigenvalue weighted by molar-refractivity contribution is 0.0690. The minimum Gasteiger partial charge on any atom is -0.477 e. The maximum atomic E-state index is 12.0. The highest BCUT2D eigenvalue weighted by molar-refractivity contribution is 6.04. The minimum atomic E-state index is -1.14. The second-order valence-electron chi connectivity index (χ2n) is 4.06. The second kappa shape index (κ2) is 5.98. The molecule has 104 valence electrons. The van der Waals surface area contributed by atoms with E-state index in [2.05, 4.69) is 15.5 Å². The zero-order chi connectivity index (χ0) is 14.5. The first kappa shape index (κ1) is 13.8. The van der Waals surface area contributed by atoms with Crippen LogP contribution in [0.25, 0.3) is 0 Å². The van der Waals surface area contributed by atoms with Crippen molar-refractivity contribution in [3.05, 3.63) is 47.2 Å². The number of hydrogen-bond donors (Lipinski definition) is 3. The van der Waals surface area contributed by atoms with E-state index in [1.807, 2.05) is 6.07 Å². The molecule has 2 rings (SSSR count). The molecule has 1 aromatic heterocycles. The van der Waals surface area contributed by atoms with Gasteiger partial charge in [0.15, 0.2) is 5.82 Å². The number of aromatic carboxylic acids is 1. The molecular formula is C13H13N3O4. The number of methoxy groups -OCH3 is 1. The third-order valence-corrected chi connectivity index (χ3v) is 2.55. The van der Waals surface area contributed by atoms with E-state index in [1.54, 1.807) is 25.3 Å². The summed E-state index contributed by atoms with van der Waals surface area (Å²) in [5.74, 6) is -1.35. The summed E-state index contributed by atoms with van der Waals surface area (Å²) in [6.45, 7) is 0.409. The fourth-order valence-corrected chi connectivity index (χ4v) is 1.65. The number of ether oxygens (including phenoxy) is 1. The van der Waals surface area contributed by atoms with Crippen molar-refractivity contribution in [1.29, 1.82) is 0 Å². The van der Waals surface area contributed by atoms with Gasteiger partial charge in [-0.2, -0.15) is 5.10 Å². The van der Waals surface area contributed by atoms with E-state index in [0.717, 1.165) is 5.56 Å². The standard InChI is InChI=1S/C13H13N3O4/c1-20-7-8-3-2-4-9(5-8)12(17)14-11-6-10(13(18)19)15-16-11/h2-6H,7H2,1H3,(H,18,19)(H2,14,15,16,17). The first-order valence-electron chi connectivity index (χ1n) is 5.78. The maximum absolute atomic E-state index is 12.0. The zero-order valence-electron chi connectivity index (χ0n) is 10.7. The summed E-state index contributed by atoms with van der Waals surface area (Å²) in [7, 11) is 1.57. The number of carboxylic acid groups (broad SMARTS) is 1. The first-order chi connectivity index (χ1) is 9.60. The molecule has 7 heteroatoms. The first-order valence-corrected chi connectivity index (χ1v) is 5.78. The third-order valence-electron chi connectivity index (χ3n) is 2.55. The number of aromatic amines is 1.